The van der Waals surface area contributed by atoms with E-state index in [2.05, 4.69) is 15.5 Å². The Morgan fingerprint density at radius 3 is 2.41 bits per heavy atom. The van der Waals surface area contributed by atoms with Crippen molar-refractivity contribution in [2.45, 2.75) is 57.3 Å². The number of carbonyl (C=O) groups excluding carboxylic acids is 2. The van der Waals surface area contributed by atoms with E-state index in [9.17, 15) is 22.8 Å². The van der Waals surface area contributed by atoms with Gasteiger partial charge in [-0.2, -0.15) is 13.2 Å². The fourth-order valence-electron chi connectivity index (χ4n) is 4.27. The van der Waals surface area contributed by atoms with Crippen LogP contribution in [0.2, 0.25) is 5.02 Å². The molecule has 1 saturated carbocycles. The maximum atomic E-state index is 13.0. The first kappa shape index (κ1) is 24.8. The summed E-state index contributed by atoms with van der Waals surface area (Å²) in [5.41, 5.74) is -0.926. The molecule has 1 atom stereocenters. The Kier molecular flexibility index (Phi) is 8.41. The second kappa shape index (κ2) is 10.9. The molecule has 3 rings (SSSR count). The molecule has 2 N–H and O–H groups in total. The van der Waals surface area contributed by atoms with Gasteiger partial charge in [-0.3, -0.25) is 19.4 Å². The molecule has 178 valence electrons. The third-order valence-electron chi connectivity index (χ3n) is 6.21. The molecule has 0 aromatic heterocycles. The Hall–Kier alpha value is -1.84. The second-order valence-corrected chi connectivity index (χ2v) is 8.98. The number of anilines is 1. The summed E-state index contributed by atoms with van der Waals surface area (Å²) >= 11 is 5.61. The molecular formula is C22H30ClF3N4O2. The lowest BCUT2D eigenvalue weighted by Gasteiger charge is -2.37. The highest BCUT2D eigenvalue weighted by molar-refractivity contribution is 6.31. The molecule has 2 fully saturated rings. The number of hydrogen-bond donors (Lipinski definition) is 2. The van der Waals surface area contributed by atoms with Crippen LogP contribution in [0.5, 0.6) is 0 Å². The predicted molar refractivity (Wildman–Crippen MR) is 118 cm³/mol. The van der Waals surface area contributed by atoms with Crippen LogP contribution >= 0.6 is 11.6 Å². The molecule has 32 heavy (non-hydrogen) atoms. The van der Waals surface area contributed by atoms with E-state index in [-0.39, 0.29) is 30.2 Å². The van der Waals surface area contributed by atoms with E-state index in [4.69, 9.17) is 11.6 Å². The van der Waals surface area contributed by atoms with Gasteiger partial charge in [-0.25, -0.2) is 0 Å². The van der Waals surface area contributed by atoms with Crippen molar-refractivity contribution in [2.24, 2.45) is 0 Å². The van der Waals surface area contributed by atoms with Gasteiger partial charge in [0.1, 0.15) is 0 Å². The van der Waals surface area contributed by atoms with Crippen molar-refractivity contribution in [3.8, 4) is 0 Å². The van der Waals surface area contributed by atoms with Gasteiger partial charge in [0.15, 0.2) is 0 Å². The number of halogens is 4. The number of nitrogens with one attached hydrogen (secondary N) is 2. The topological polar surface area (TPSA) is 64.7 Å². The van der Waals surface area contributed by atoms with E-state index in [1.165, 1.54) is 12.5 Å². The van der Waals surface area contributed by atoms with Gasteiger partial charge < -0.3 is 10.6 Å². The fourth-order valence-corrected chi connectivity index (χ4v) is 4.49. The molecule has 10 heteroatoms. The van der Waals surface area contributed by atoms with Crippen molar-refractivity contribution in [3.63, 3.8) is 0 Å². The molecule has 1 aliphatic carbocycles. The molecule has 6 nitrogen and oxygen atoms in total. The van der Waals surface area contributed by atoms with Gasteiger partial charge in [0.2, 0.25) is 11.8 Å². The van der Waals surface area contributed by atoms with Crippen molar-refractivity contribution in [2.75, 3.05) is 38.0 Å². The number of benzene rings is 1. The minimum atomic E-state index is -4.59. The van der Waals surface area contributed by atoms with E-state index in [1.807, 2.05) is 11.8 Å². The lowest BCUT2D eigenvalue weighted by molar-refractivity contribution is -0.137. The summed E-state index contributed by atoms with van der Waals surface area (Å²) in [6.45, 7) is 4.46. The van der Waals surface area contributed by atoms with Crippen molar-refractivity contribution < 1.29 is 22.8 Å². The van der Waals surface area contributed by atoms with Gasteiger partial charge in [0.25, 0.3) is 0 Å². The molecule has 2 amide bonds. The second-order valence-electron chi connectivity index (χ2n) is 8.57. The number of alkyl halides is 3. The van der Waals surface area contributed by atoms with Crippen LogP contribution in [0.15, 0.2) is 18.2 Å². The van der Waals surface area contributed by atoms with E-state index in [0.717, 1.165) is 37.8 Å². The molecule has 1 aromatic carbocycles. The van der Waals surface area contributed by atoms with Crippen molar-refractivity contribution in [1.82, 2.24) is 15.1 Å². The Labute approximate surface area is 191 Å². The summed E-state index contributed by atoms with van der Waals surface area (Å²) in [5, 5.41) is 5.26. The zero-order valence-corrected chi connectivity index (χ0v) is 18.9. The number of nitrogens with zero attached hydrogens (tertiary/aromatic N) is 2. The summed E-state index contributed by atoms with van der Waals surface area (Å²) < 4.78 is 39.0. The van der Waals surface area contributed by atoms with Crippen LogP contribution in [0, 0.1) is 0 Å². The number of hydrogen-bond acceptors (Lipinski definition) is 4. The van der Waals surface area contributed by atoms with Gasteiger partial charge in [-0.05, 0) is 38.0 Å². The van der Waals surface area contributed by atoms with E-state index in [0.29, 0.717) is 26.2 Å². The van der Waals surface area contributed by atoms with Crippen LogP contribution in [0.25, 0.3) is 0 Å². The summed E-state index contributed by atoms with van der Waals surface area (Å²) in [6, 6.07) is 3.35. The van der Waals surface area contributed by atoms with Gasteiger partial charge in [0.05, 0.1) is 23.2 Å². The number of amides is 2. The van der Waals surface area contributed by atoms with Gasteiger partial charge in [0, 0.05) is 37.9 Å². The van der Waals surface area contributed by atoms with E-state index < -0.39 is 22.7 Å². The third kappa shape index (κ3) is 6.83. The Bertz CT molecular complexity index is 807. The first-order chi connectivity index (χ1) is 15.1. The molecule has 0 unspecified atom stereocenters. The third-order valence-corrected chi connectivity index (χ3v) is 6.54. The van der Waals surface area contributed by atoms with Crippen LogP contribution < -0.4 is 10.6 Å². The molecule has 1 heterocycles. The quantitative estimate of drug-likeness (QED) is 0.659. The first-order valence-corrected chi connectivity index (χ1v) is 11.4. The Morgan fingerprint density at radius 1 is 1.12 bits per heavy atom. The SMILES string of the molecule is C[C@@H](C(=O)NC1CCCCC1)N1CCN(CC(=O)Nc2ccc(Cl)c(C(F)(F)F)c2)CC1. The van der Waals surface area contributed by atoms with Crippen LogP contribution in [0.4, 0.5) is 18.9 Å². The highest BCUT2D eigenvalue weighted by atomic mass is 35.5. The molecule has 1 aliphatic heterocycles. The van der Waals surface area contributed by atoms with Crippen LogP contribution in [0.1, 0.15) is 44.6 Å². The number of carbonyl (C=O) groups is 2. The molecule has 0 bridgehead atoms. The predicted octanol–water partition coefficient (Wildman–Crippen LogP) is 3.75. The highest BCUT2D eigenvalue weighted by Crippen LogP contribution is 2.36. The van der Waals surface area contributed by atoms with E-state index >= 15 is 0 Å². The Morgan fingerprint density at radius 2 is 1.78 bits per heavy atom. The van der Waals surface area contributed by atoms with Gasteiger partial charge in [-0.15, -0.1) is 0 Å². The zero-order valence-electron chi connectivity index (χ0n) is 18.2. The molecule has 2 aliphatic rings. The fraction of sp³-hybridized carbons (Fsp3) is 0.636. The highest BCUT2D eigenvalue weighted by Gasteiger charge is 2.33. The molecule has 0 radical (unpaired) electrons. The lowest BCUT2D eigenvalue weighted by Crippen LogP contribution is -2.55. The maximum absolute atomic E-state index is 13.0. The van der Waals surface area contributed by atoms with Crippen molar-refractivity contribution >= 4 is 29.1 Å². The number of piperazine rings is 1. The molecule has 1 aromatic rings. The minimum Gasteiger partial charge on any atom is -0.352 e. The van der Waals surface area contributed by atoms with Gasteiger partial charge in [-0.1, -0.05) is 30.9 Å². The summed E-state index contributed by atoms with van der Waals surface area (Å²) in [6.07, 6.45) is 1.05. The average Bonchev–Trinajstić information content (AvgIpc) is 2.75. The average molecular weight is 475 g/mol. The maximum Gasteiger partial charge on any atom is 0.417 e. The smallest absolute Gasteiger partial charge is 0.352 e. The van der Waals surface area contributed by atoms with Crippen molar-refractivity contribution in [3.05, 3.63) is 28.8 Å². The molecular weight excluding hydrogens is 445 g/mol. The summed E-state index contributed by atoms with van der Waals surface area (Å²) in [5.74, 6) is -0.344. The normalized spacial score (nSPS) is 20.0. The van der Waals surface area contributed by atoms with Crippen LogP contribution in [-0.4, -0.2) is 66.4 Å². The molecule has 1 saturated heterocycles. The van der Waals surface area contributed by atoms with Crippen LogP contribution in [-0.2, 0) is 15.8 Å². The van der Waals surface area contributed by atoms with Gasteiger partial charge >= 0.3 is 6.18 Å². The summed E-state index contributed by atoms with van der Waals surface area (Å²) in [7, 11) is 0. The molecule has 0 spiro atoms. The first-order valence-electron chi connectivity index (χ1n) is 11.1. The number of rotatable bonds is 6. The standard InChI is InChI=1S/C22H30ClF3N4O2/c1-15(21(32)28-16-5-3-2-4-6-16)30-11-9-29(10-12-30)14-20(31)27-17-7-8-19(23)18(13-17)22(24,25)26/h7-8,13,15-16H,2-6,9-12,14H2,1H3,(H,27,31)(H,28,32)/t15-/m0/s1. The summed E-state index contributed by atoms with van der Waals surface area (Å²) in [4.78, 5) is 28.9. The lowest BCUT2D eigenvalue weighted by atomic mass is 9.95. The van der Waals surface area contributed by atoms with E-state index in [1.54, 1.807) is 0 Å². The Balaban J connectivity index is 1.44. The largest absolute Gasteiger partial charge is 0.417 e. The zero-order chi connectivity index (χ0) is 23.3. The minimum absolute atomic E-state index is 0.0475. The van der Waals surface area contributed by atoms with Crippen LogP contribution in [0.3, 0.4) is 0 Å². The monoisotopic (exact) mass is 474 g/mol. The van der Waals surface area contributed by atoms with Crippen molar-refractivity contribution in [1.29, 1.82) is 0 Å².